The summed E-state index contributed by atoms with van der Waals surface area (Å²) >= 11 is 0. The van der Waals surface area contributed by atoms with Crippen LogP contribution in [0.25, 0.3) is 0 Å². The van der Waals surface area contributed by atoms with E-state index >= 15 is 0 Å². The third kappa shape index (κ3) is 5.80. The standard InChI is InChI=1S/C12H16FN3O3/c1-12(2,6-5-10(17)18)16-11(19)15-9-4-3-8(13)7-14-9/h3-4,7H,5-6H2,1-2H3,(H,17,18)(H2,14,15,16,19). The van der Waals surface area contributed by atoms with Crippen molar-refractivity contribution in [1.29, 1.82) is 0 Å². The van der Waals surface area contributed by atoms with Crippen LogP contribution >= 0.6 is 0 Å². The monoisotopic (exact) mass is 269 g/mol. The van der Waals surface area contributed by atoms with Gasteiger partial charge in [-0.3, -0.25) is 10.1 Å². The minimum Gasteiger partial charge on any atom is -0.481 e. The van der Waals surface area contributed by atoms with Gasteiger partial charge in [0.1, 0.15) is 11.6 Å². The van der Waals surface area contributed by atoms with Gasteiger partial charge >= 0.3 is 12.0 Å². The fourth-order valence-electron chi connectivity index (χ4n) is 1.39. The van der Waals surface area contributed by atoms with Gasteiger partial charge in [-0.15, -0.1) is 0 Å². The van der Waals surface area contributed by atoms with E-state index in [9.17, 15) is 14.0 Å². The van der Waals surface area contributed by atoms with Crippen LogP contribution in [0.3, 0.4) is 0 Å². The number of carboxylic acids is 1. The number of amides is 2. The van der Waals surface area contributed by atoms with Gasteiger partial charge in [0.25, 0.3) is 0 Å². The van der Waals surface area contributed by atoms with Crippen LogP contribution < -0.4 is 10.6 Å². The van der Waals surface area contributed by atoms with E-state index in [0.717, 1.165) is 6.20 Å². The Morgan fingerprint density at radius 1 is 1.42 bits per heavy atom. The molecular weight excluding hydrogens is 253 g/mol. The van der Waals surface area contributed by atoms with Crippen LogP contribution in [-0.4, -0.2) is 27.6 Å². The number of anilines is 1. The molecule has 0 aromatic carbocycles. The topological polar surface area (TPSA) is 91.3 Å². The fourth-order valence-corrected chi connectivity index (χ4v) is 1.39. The molecule has 0 unspecified atom stereocenters. The molecule has 0 aliphatic rings. The highest BCUT2D eigenvalue weighted by Gasteiger charge is 2.21. The molecule has 0 aliphatic heterocycles. The van der Waals surface area contributed by atoms with Gasteiger partial charge in [0.2, 0.25) is 0 Å². The SMILES string of the molecule is CC(C)(CCC(=O)O)NC(=O)Nc1ccc(F)cn1. The van der Waals surface area contributed by atoms with Crippen molar-refractivity contribution >= 4 is 17.8 Å². The summed E-state index contributed by atoms with van der Waals surface area (Å²) in [7, 11) is 0. The molecule has 19 heavy (non-hydrogen) atoms. The summed E-state index contributed by atoms with van der Waals surface area (Å²) in [6, 6.07) is 1.99. The maximum atomic E-state index is 12.6. The second-order valence-electron chi connectivity index (χ2n) is 4.72. The first-order valence-electron chi connectivity index (χ1n) is 5.71. The molecule has 0 bridgehead atoms. The van der Waals surface area contributed by atoms with Crippen LogP contribution in [0.5, 0.6) is 0 Å². The Labute approximate surface area is 110 Å². The summed E-state index contributed by atoms with van der Waals surface area (Å²) < 4.78 is 12.6. The van der Waals surface area contributed by atoms with Gasteiger partial charge in [0, 0.05) is 12.0 Å². The Bertz CT molecular complexity index is 460. The number of nitrogens with zero attached hydrogens (tertiary/aromatic N) is 1. The van der Waals surface area contributed by atoms with Crippen LogP contribution in [0.15, 0.2) is 18.3 Å². The highest BCUT2D eigenvalue weighted by atomic mass is 19.1. The maximum Gasteiger partial charge on any atom is 0.320 e. The van der Waals surface area contributed by atoms with Crippen molar-refractivity contribution in [3.05, 3.63) is 24.1 Å². The molecule has 2 amide bonds. The second-order valence-corrected chi connectivity index (χ2v) is 4.72. The zero-order valence-electron chi connectivity index (χ0n) is 10.7. The van der Waals surface area contributed by atoms with E-state index in [4.69, 9.17) is 5.11 Å². The van der Waals surface area contributed by atoms with Crippen molar-refractivity contribution in [1.82, 2.24) is 10.3 Å². The molecule has 0 aliphatic carbocycles. The van der Waals surface area contributed by atoms with Gasteiger partial charge in [-0.25, -0.2) is 14.2 Å². The Hall–Kier alpha value is -2.18. The minimum absolute atomic E-state index is 0.0396. The van der Waals surface area contributed by atoms with Crippen LogP contribution in [-0.2, 0) is 4.79 Å². The highest BCUT2D eigenvalue weighted by molar-refractivity contribution is 5.88. The first-order valence-corrected chi connectivity index (χ1v) is 5.71. The molecule has 3 N–H and O–H groups in total. The first kappa shape index (κ1) is 14.9. The number of hydrogen-bond acceptors (Lipinski definition) is 3. The number of carbonyl (C=O) groups excluding carboxylic acids is 1. The van der Waals surface area contributed by atoms with Gasteiger partial charge < -0.3 is 10.4 Å². The summed E-state index contributed by atoms with van der Waals surface area (Å²) in [6.45, 7) is 3.43. The number of halogens is 1. The number of hydrogen-bond donors (Lipinski definition) is 3. The molecule has 6 nitrogen and oxygen atoms in total. The summed E-state index contributed by atoms with van der Waals surface area (Å²) in [4.78, 5) is 25.8. The average molecular weight is 269 g/mol. The van der Waals surface area contributed by atoms with E-state index < -0.39 is 23.4 Å². The largest absolute Gasteiger partial charge is 0.481 e. The van der Waals surface area contributed by atoms with Crippen LogP contribution in [0.2, 0.25) is 0 Å². The third-order valence-corrected chi connectivity index (χ3v) is 2.38. The molecule has 1 aromatic heterocycles. The number of rotatable bonds is 5. The Morgan fingerprint density at radius 2 is 2.11 bits per heavy atom. The average Bonchev–Trinajstić information content (AvgIpc) is 2.29. The number of carbonyl (C=O) groups is 2. The lowest BCUT2D eigenvalue weighted by Gasteiger charge is -2.25. The smallest absolute Gasteiger partial charge is 0.320 e. The number of carboxylic acid groups (broad SMARTS) is 1. The molecule has 0 saturated heterocycles. The number of aliphatic carboxylic acids is 1. The van der Waals surface area contributed by atoms with E-state index in [1.165, 1.54) is 12.1 Å². The maximum absolute atomic E-state index is 12.6. The lowest BCUT2D eigenvalue weighted by Crippen LogP contribution is -2.45. The molecule has 104 valence electrons. The predicted octanol–water partition coefficient (Wildman–Crippen LogP) is 1.99. The first-order chi connectivity index (χ1) is 8.78. The summed E-state index contributed by atoms with van der Waals surface area (Å²) in [6.07, 6.45) is 1.25. The van der Waals surface area contributed by atoms with Gasteiger partial charge in [-0.05, 0) is 32.4 Å². The number of pyridine rings is 1. The molecule has 0 spiro atoms. The molecule has 0 radical (unpaired) electrons. The summed E-state index contributed by atoms with van der Waals surface area (Å²) in [5.74, 6) is -1.20. The minimum atomic E-state index is -0.921. The molecule has 1 rings (SSSR count). The van der Waals surface area contributed by atoms with Crippen molar-refractivity contribution in [3.8, 4) is 0 Å². The molecule has 0 fully saturated rings. The second kappa shape index (κ2) is 6.12. The highest BCUT2D eigenvalue weighted by Crippen LogP contribution is 2.12. The molecule has 0 saturated carbocycles. The Morgan fingerprint density at radius 3 is 2.63 bits per heavy atom. The predicted molar refractivity (Wildman–Crippen MR) is 67.3 cm³/mol. The number of urea groups is 1. The Balaban J connectivity index is 2.50. The van der Waals surface area contributed by atoms with Gasteiger partial charge in [-0.1, -0.05) is 0 Å². The van der Waals surface area contributed by atoms with E-state index in [-0.39, 0.29) is 12.2 Å². The zero-order valence-corrected chi connectivity index (χ0v) is 10.7. The molecule has 0 atom stereocenters. The van der Waals surface area contributed by atoms with Crippen molar-refractivity contribution in [3.63, 3.8) is 0 Å². The number of aromatic nitrogens is 1. The molecule has 7 heteroatoms. The fraction of sp³-hybridized carbons (Fsp3) is 0.417. The van der Waals surface area contributed by atoms with Crippen LogP contribution in [0.1, 0.15) is 26.7 Å². The van der Waals surface area contributed by atoms with E-state index in [1.54, 1.807) is 13.8 Å². The molecular formula is C12H16FN3O3. The number of nitrogens with one attached hydrogen (secondary N) is 2. The van der Waals surface area contributed by atoms with Crippen LogP contribution in [0.4, 0.5) is 15.0 Å². The van der Waals surface area contributed by atoms with Gasteiger partial charge in [0.15, 0.2) is 0 Å². The van der Waals surface area contributed by atoms with Gasteiger partial charge in [-0.2, -0.15) is 0 Å². The summed E-state index contributed by atoms with van der Waals surface area (Å²) in [5.41, 5.74) is -0.664. The van der Waals surface area contributed by atoms with Crippen molar-refractivity contribution in [2.24, 2.45) is 0 Å². The lowest BCUT2D eigenvalue weighted by atomic mass is 9.99. The van der Waals surface area contributed by atoms with Crippen molar-refractivity contribution in [2.45, 2.75) is 32.2 Å². The quantitative estimate of drug-likeness (QED) is 0.762. The van der Waals surface area contributed by atoms with Crippen LogP contribution in [0, 0.1) is 5.82 Å². The van der Waals surface area contributed by atoms with Crippen molar-refractivity contribution < 1.29 is 19.1 Å². The molecule has 1 aromatic rings. The third-order valence-electron chi connectivity index (χ3n) is 2.38. The molecule has 1 heterocycles. The van der Waals surface area contributed by atoms with Crippen molar-refractivity contribution in [2.75, 3.05) is 5.32 Å². The normalized spacial score (nSPS) is 10.9. The summed E-state index contributed by atoms with van der Waals surface area (Å²) in [5, 5.41) is 13.7. The van der Waals surface area contributed by atoms with Gasteiger partial charge in [0.05, 0.1) is 6.20 Å². The lowest BCUT2D eigenvalue weighted by molar-refractivity contribution is -0.137. The van der Waals surface area contributed by atoms with E-state index in [1.807, 2.05) is 0 Å². The zero-order chi connectivity index (χ0) is 14.5. The van der Waals surface area contributed by atoms with E-state index in [0.29, 0.717) is 6.42 Å². The van der Waals surface area contributed by atoms with E-state index in [2.05, 4.69) is 15.6 Å². The Kier molecular flexibility index (Phi) is 4.80.